The second-order valence-electron chi connectivity index (χ2n) is 4.46. The minimum atomic E-state index is -0.450. The van der Waals surface area contributed by atoms with Crippen molar-refractivity contribution in [3.8, 4) is 11.3 Å². The topological polar surface area (TPSA) is 78.0 Å². The molecule has 0 bridgehead atoms. The van der Waals surface area contributed by atoms with Crippen LogP contribution in [0.4, 0.5) is 5.69 Å². The third-order valence-electron chi connectivity index (χ3n) is 3.24. The van der Waals surface area contributed by atoms with E-state index in [0.29, 0.717) is 5.69 Å². The molecule has 0 saturated heterocycles. The zero-order chi connectivity index (χ0) is 13.4. The smallest absolute Gasteiger partial charge is 0.269 e. The Balaban J connectivity index is 2.05. The number of benzene rings is 1. The van der Waals surface area contributed by atoms with Crippen LogP contribution in [0, 0.1) is 10.1 Å². The highest BCUT2D eigenvalue weighted by atomic mass is 16.6. The standard InChI is InChI=1S/C13H11N3O3/c17-13-8-11(14-12-2-1-7-15(12)13)9-3-5-10(6-4-9)16(18)19/h3-6,8H,1-2,7H2. The van der Waals surface area contributed by atoms with E-state index in [4.69, 9.17) is 0 Å². The van der Waals surface area contributed by atoms with E-state index in [1.54, 1.807) is 16.7 Å². The molecule has 2 aromatic rings. The van der Waals surface area contributed by atoms with E-state index >= 15 is 0 Å². The summed E-state index contributed by atoms with van der Waals surface area (Å²) in [5.74, 6) is 0.792. The molecule has 0 aliphatic carbocycles. The monoisotopic (exact) mass is 257 g/mol. The maximum atomic E-state index is 11.9. The van der Waals surface area contributed by atoms with E-state index in [9.17, 15) is 14.9 Å². The number of hydrogen-bond donors (Lipinski definition) is 0. The lowest BCUT2D eigenvalue weighted by Crippen LogP contribution is -2.20. The molecule has 6 heteroatoms. The van der Waals surface area contributed by atoms with E-state index in [0.717, 1.165) is 30.8 Å². The summed E-state index contributed by atoms with van der Waals surface area (Å²) in [7, 11) is 0. The van der Waals surface area contributed by atoms with Gasteiger partial charge in [0.05, 0.1) is 10.6 Å². The molecule has 2 heterocycles. The maximum absolute atomic E-state index is 11.9. The van der Waals surface area contributed by atoms with Crippen LogP contribution in [-0.4, -0.2) is 14.5 Å². The Hall–Kier alpha value is -2.50. The number of aryl methyl sites for hydroxylation is 1. The summed E-state index contributed by atoms with van der Waals surface area (Å²) in [6, 6.07) is 7.55. The van der Waals surface area contributed by atoms with Gasteiger partial charge in [-0.05, 0) is 18.6 Å². The van der Waals surface area contributed by atoms with E-state index in [2.05, 4.69) is 4.98 Å². The fourth-order valence-corrected chi connectivity index (χ4v) is 2.28. The third kappa shape index (κ3) is 2.01. The molecule has 0 fully saturated rings. The molecule has 1 aliphatic heterocycles. The third-order valence-corrected chi connectivity index (χ3v) is 3.24. The average molecular weight is 257 g/mol. The quantitative estimate of drug-likeness (QED) is 0.606. The molecule has 0 unspecified atom stereocenters. The van der Waals surface area contributed by atoms with Crippen LogP contribution in [0.15, 0.2) is 35.1 Å². The summed E-state index contributed by atoms with van der Waals surface area (Å²) in [6.07, 6.45) is 1.74. The minimum Gasteiger partial charge on any atom is -0.297 e. The van der Waals surface area contributed by atoms with Gasteiger partial charge < -0.3 is 0 Å². The Kier molecular flexibility index (Phi) is 2.63. The molecular formula is C13H11N3O3. The van der Waals surface area contributed by atoms with Crippen molar-refractivity contribution in [2.24, 2.45) is 0 Å². The van der Waals surface area contributed by atoms with Crippen LogP contribution in [-0.2, 0) is 13.0 Å². The molecule has 96 valence electrons. The molecule has 0 radical (unpaired) electrons. The first kappa shape index (κ1) is 11.6. The Morgan fingerprint density at radius 1 is 1.26 bits per heavy atom. The van der Waals surface area contributed by atoms with Crippen LogP contribution in [0.1, 0.15) is 12.2 Å². The summed E-state index contributed by atoms with van der Waals surface area (Å²) in [5, 5.41) is 10.6. The molecule has 6 nitrogen and oxygen atoms in total. The van der Waals surface area contributed by atoms with Crippen molar-refractivity contribution in [2.75, 3.05) is 0 Å². The zero-order valence-electron chi connectivity index (χ0n) is 10.1. The summed E-state index contributed by atoms with van der Waals surface area (Å²) in [6.45, 7) is 0.724. The fraction of sp³-hybridized carbons (Fsp3) is 0.231. The molecule has 1 aromatic heterocycles. The lowest BCUT2D eigenvalue weighted by Gasteiger charge is -2.05. The lowest BCUT2D eigenvalue weighted by molar-refractivity contribution is -0.384. The van der Waals surface area contributed by atoms with Crippen molar-refractivity contribution < 1.29 is 4.92 Å². The summed E-state index contributed by atoms with van der Waals surface area (Å²) < 4.78 is 1.68. The minimum absolute atomic E-state index is 0.0293. The van der Waals surface area contributed by atoms with Gasteiger partial charge in [-0.25, -0.2) is 4.98 Å². The second kappa shape index (κ2) is 4.31. The Morgan fingerprint density at radius 2 is 2.00 bits per heavy atom. The van der Waals surface area contributed by atoms with Crippen LogP contribution >= 0.6 is 0 Å². The molecular weight excluding hydrogens is 246 g/mol. The van der Waals surface area contributed by atoms with Gasteiger partial charge in [0.15, 0.2) is 0 Å². The summed E-state index contributed by atoms with van der Waals surface area (Å²) >= 11 is 0. The van der Waals surface area contributed by atoms with Crippen molar-refractivity contribution in [1.82, 2.24) is 9.55 Å². The molecule has 0 N–H and O–H groups in total. The Bertz CT molecular complexity index is 704. The van der Waals surface area contributed by atoms with Gasteiger partial charge in [-0.1, -0.05) is 0 Å². The highest BCUT2D eigenvalue weighted by Crippen LogP contribution is 2.21. The van der Waals surface area contributed by atoms with E-state index in [1.807, 2.05) is 0 Å². The molecule has 19 heavy (non-hydrogen) atoms. The predicted molar refractivity (Wildman–Crippen MR) is 68.9 cm³/mol. The number of nitro groups is 1. The highest BCUT2D eigenvalue weighted by molar-refractivity contribution is 5.60. The summed E-state index contributed by atoms with van der Waals surface area (Å²) in [4.78, 5) is 26.5. The van der Waals surface area contributed by atoms with Crippen molar-refractivity contribution in [3.63, 3.8) is 0 Å². The highest BCUT2D eigenvalue weighted by Gasteiger charge is 2.15. The van der Waals surface area contributed by atoms with Crippen LogP contribution in [0.5, 0.6) is 0 Å². The van der Waals surface area contributed by atoms with Crippen molar-refractivity contribution >= 4 is 5.69 Å². The Labute approximate surface area is 108 Å². The normalized spacial score (nSPS) is 13.3. The van der Waals surface area contributed by atoms with Gasteiger partial charge in [0, 0.05) is 36.7 Å². The molecule has 1 aliphatic rings. The molecule has 0 atom stereocenters. The van der Waals surface area contributed by atoms with E-state index in [-0.39, 0.29) is 11.2 Å². The predicted octanol–water partition coefficient (Wildman–Crippen LogP) is 1.76. The van der Waals surface area contributed by atoms with E-state index < -0.39 is 4.92 Å². The largest absolute Gasteiger partial charge is 0.297 e. The van der Waals surface area contributed by atoms with Gasteiger partial charge in [-0.2, -0.15) is 0 Å². The van der Waals surface area contributed by atoms with Gasteiger partial charge in [-0.15, -0.1) is 0 Å². The number of fused-ring (bicyclic) bond motifs is 1. The van der Waals surface area contributed by atoms with Crippen molar-refractivity contribution in [3.05, 3.63) is 56.6 Å². The van der Waals surface area contributed by atoms with Crippen LogP contribution in [0.3, 0.4) is 0 Å². The number of hydrogen-bond acceptors (Lipinski definition) is 4. The van der Waals surface area contributed by atoms with E-state index in [1.165, 1.54) is 18.2 Å². The molecule has 1 aromatic carbocycles. The average Bonchev–Trinajstić information content (AvgIpc) is 2.87. The van der Waals surface area contributed by atoms with Gasteiger partial charge in [0.1, 0.15) is 5.82 Å². The van der Waals surface area contributed by atoms with Gasteiger partial charge in [0.2, 0.25) is 0 Å². The zero-order valence-corrected chi connectivity index (χ0v) is 10.1. The van der Waals surface area contributed by atoms with Crippen LogP contribution < -0.4 is 5.56 Å². The summed E-state index contributed by atoms with van der Waals surface area (Å²) in [5.41, 5.74) is 1.27. The van der Waals surface area contributed by atoms with Gasteiger partial charge in [0.25, 0.3) is 11.2 Å². The van der Waals surface area contributed by atoms with Gasteiger partial charge in [-0.3, -0.25) is 19.5 Å². The molecule has 0 amide bonds. The second-order valence-corrected chi connectivity index (χ2v) is 4.46. The molecule has 0 saturated carbocycles. The van der Waals surface area contributed by atoms with Crippen molar-refractivity contribution in [2.45, 2.75) is 19.4 Å². The number of nitro benzene ring substituents is 1. The van der Waals surface area contributed by atoms with Crippen LogP contribution in [0.25, 0.3) is 11.3 Å². The first-order valence-corrected chi connectivity index (χ1v) is 6.01. The number of nitrogens with zero attached hydrogens (tertiary/aromatic N) is 3. The number of non-ortho nitro benzene ring substituents is 1. The first-order chi connectivity index (χ1) is 9.15. The number of rotatable bonds is 2. The number of aromatic nitrogens is 2. The first-order valence-electron chi connectivity index (χ1n) is 6.01. The van der Waals surface area contributed by atoms with Gasteiger partial charge >= 0.3 is 0 Å². The fourth-order valence-electron chi connectivity index (χ4n) is 2.28. The van der Waals surface area contributed by atoms with Crippen LogP contribution in [0.2, 0.25) is 0 Å². The SMILES string of the molecule is O=c1cc(-c2ccc([N+](=O)[O-])cc2)nc2n1CCC2. The molecule has 0 spiro atoms. The van der Waals surface area contributed by atoms with Crippen molar-refractivity contribution in [1.29, 1.82) is 0 Å². The lowest BCUT2D eigenvalue weighted by atomic mass is 10.1. The maximum Gasteiger partial charge on any atom is 0.269 e. The molecule has 3 rings (SSSR count). The Morgan fingerprint density at radius 3 is 2.68 bits per heavy atom.